The van der Waals surface area contributed by atoms with Gasteiger partial charge in [0.1, 0.15) is 5.82 Å². The molecule has 0 atom stereocenters. The highest BCUT2D eigenvalue weighted by Gasteiger charge is 2.18. The predicted octanol–water partition coefficient (Wildman–Crippen LogP) is 2.17. The van der Waals surface area contributed by atoms with Gasteiger partial charge in [-0.05, 0) is 30.3 Å². The van der Waals surface area contributed by atoms with Gasteiger partial charge in [0.15, 0.2) is 0 Å². The summed E-state index contributed by atoms with van der Waals surface area (Å²) < 4.78 is 38.6. The van der Waals surface area contributed by atoms with Crippen molar-refractivity contribution in [1.82, 2.24) is 5.32 Å². The number of nitrogens with zero attached hydrogens (tertiary/aromatic N) is 2. The minimum atomic E-state index is -3.60. The van der Waals surface area contributed by atoms with Gasteiger partial charge in [-0.1, -0.05) is 18.2 Å². The predicted molar refractivity (Wildman–Crippen MR) is 96.2 cm³/mol. The Morgan fingerprint density at radius 1 is 1.19 bits per heavy atom. The van der Waals surface area contributed by atoms with E-state index < -0.39 is 21.7 Å². The average Bonchev–Trinajstić information content (AvgIpc) is 2.60. The SMILES string of the molecule is CS(=O)(=O)N(CCC(=O)NCc1ccccc1F)c1ccc(C#N)cc1. The van der Waals surface area contributed by atoms with Crippen LogP contribution in [0.5, 0.6) is 0 Å². The quantitative estimate of drug-likeness (QED) is 0.803. The summed E-state index contributed by atoms with van der Waals surface area (Å²) >= 11 is 0. The lowest BCUT2D eigenvalue weighted by molar-refractivity contribution is -0.121. The summed E-state index contributed by atoms with van der Waals surface area (Å²) in [6, 6.07) is 14.1. The Labute approximate surface area is 151 Å². The maximum Gasteiger partial charge on any atom is 0.232 e. The van der Waals surface area contributed by atoms with Crippen LogP contribution in [0.25, 0.3) is 0 Å². The van der Waals surface area contributed by atoms with E-state index in [-0.39, 0.29) is 19.5 Å². The molecule has 0 aromatic heterocycles. The molecule has 0 aliphatic carbocycles. The van der Waals surface area contributed by atoms with Gasteiger partial charge in [0.05, 0.1) is 23.6 Å². The molecule has 2 aromatic carbocycles. The van der Waals surface area contributed by atoms with E-state index in [9.17, 15) is 17.6 Å². The average molecular weight is 375 g/mol. The van der Waals surface area contributed by atoms with Crippen molar-refractivity contribution in [1.29, 1.82) is 5.26 Å². The van der Waals surface area contributed by atoms with E-state index in [0.29, 0.717) is 16.8 Å². The normalized spacial score (nSPS) is 10.8. The van der Waals surface area contributed by atoms with Crippen LogP contribution in [0.2, 0.25) is 0 Å². The van der Waals surface area contributed by atoms with E-state index in [1.165, 1.54) is 30.3 Å². The third-order valence-corrected chi connectivity index (χ3v) is 4.85. The number of carbonyl (C=O) groups excluding carboxylic acids is 1. The van der Waals surface area contributed by atoms with Gasteiger partial charge >= 0.3 is 0 Å². The van der Waals surface area contributed by atoms with Crippen molar-refractivity contribution in [2.75, 3.05) is 17.1 Å². The minimum Gasteiger partial charge on any atom is -0.352 e. The molecule has 0 saturated heterocycles. The number of hydrogen-bond acceptors (Lipinski definition) is 4. The molecule has 0 saturated carbocycles. The second-order valence-electron chi connectivity index (χ2n) is 5.61. The second-order valence-corrected chi connectivity index (χ2v) is 7.52. The Morgan fingerprint density at radius 2 is 1.85 bits per heavy atom. The molecule has 0 unspecified atom stereocenters. The van der Waals surface area contributed by atoms with Crippen LogP contribution in [0.3, 0.4) is 0 Å². The highest BCUT2D eigenvalue weighted by atomic mass is 32.2. The van der Waals surface area contributed by atoms with Crippen LogP contribution >= 0.6 is 0 Å². The zero-order valence-electron chi connectivity index (χ0n) is 14.1. The topological polar surface area (TPSA) is 90.3 Å². The van der Waals surface area contributed by atoms with Crippen molar-refractivity contribution in [2.45, 2.75) is 13.0 Å². The van der Waals surface area contributed by atoms with Gasteiger partial charge in [-0.3, -0.25) is 9.10 Å². The van der Waals surface area contributed by atoms with Crippen LogP contribution < -0.4 is 9.62 Å². The van der Waals surface area contributed by atoms with Crippen LogP contribution in [-0.4, -0.2) is 27.1 Å². The van der Waals surface area contributed by atoms with Gasteiger partial charge in [0.25, 0.3) is 0 Å². The third kappa shape index (κ3) is 5.29. The highest BCUT2D eigenvalue weighted by molar-refractivity contribution is 7.92. The first-order chi connectivity index (χ1) is 12.3. The molecule has 0 fully saturated rings. The zero-order valence-corrected chi connectivity index (χ0v) is 15.0. The number of amides is 1. The lowest BCUT2D eigenvalue weighted by Crippen LogP contribution is -2.34. The molecule has 0 bridgehead atoms. The molecule has 1 N–H and O–H groups in total. The lowest BCUT2D eigenvalue weighted by Gasteiger charge is -2.22. The molecule has 0 spiro atoms. The maximum atomic E-state index is 13.5. The Bertz CT molecular complexity index is 921. The molecule has 26 heavy (non-hydrogen) atoms. The number of benzene rings is 2. The van der Waals surface area contributed by atoms with Crippen molar-refractivity contribution < 1.29 is 17.6 Å². The van der Waals surface area contributed by atoms with Crippen molar-refractivity contribution >= 4 is 21.6 Å². The van der Waals surface area contributed by atoms with Crippen LogP contribution in [0.15, 0.2) is 48.5 Å². The fraction of sp³-hybridized carbons (Fsp3) is 0.222. The van der Waals surface area contributed by atoms with Crippen molar-refractivity contribution in [3.8, 4) is 6.07 Å². The van der Waals surface area contributed by atoms with Crippen molar-refractivity contribution in [3.63, 3.8) is 0 Å². The van der Waals surface area contributed by atoms with Gasteiger partial charge in [0.2, 0.25) is 15.9 Å². The highest BCUT2D eigenvalue weighted by Crippen LogP contribution is 2.18. The number of anilines is 1. The molecule has 8 heteroatoms. The van der Waals surface area contributed by atoms with Crippen LogP contribution in [0.1, 0.15) is 17.5 Å². The maximum absolute atomic E-state index is 13.5. The molecule has 136 valence electrons. The molecule has 2 aromatic rings. The van der Waals surface area contributed by atoms with E-state index in [4.69, 9.17) is 5.26 Å². The first kappa shape index (κ1) is 19.4. The van der Waals surface area contributed by atoms with E-state index >= 15 is 0 Å². The van der Waals surface area contributed by atoms with E-state index in [1.807, 2.05) is 6.07 Å². The Morgan fingerprint density at radius 3 is 2.42 bits per heavy atom. The second kappa shape index (κ2) is 8.45. The van der Waals surface area contributed by atoms with Gasteiger partial charge < -0.3 is 5.32 Å². The molecule has 0 aliphatic rings. The number of halogens is 1. The summed E-state index contributed by atoms with van der Waals surface area (Å²) in [6.45, 7) is -0.0327. The largest absolute Gasteiger partial charge is 0.352 e. The van der Waals surface area contributed by atoms with E-state index in [2.05, 4.69) is 5.32 Å². The molecular formula is C18H18FN3O3S. The number of rotatable bonds is 7. The minimum absolute atomic E-state index is 0.0290. The fourth-order valence-corrected chi connectivity index (χ4v) is 3.24. The molecule has 2 rings (SSSR count). The summed E-state index contributed by atoms with van der Waals surface area (Å²) in [5, 5.41) is 11.4. The monoisotopic (exact) mass is 375 g/mol. The number of nitrogens with one attached hydrogen (secondary N) is 1. The molecule has 0 heterocycles. The molecule has 0 radical (unpaired) electrons. The van der Waals surface area contributed by atoms with E-state index in [1.54, 1.807) is 18.2 Å². The van der Waals surface area contributed by atoms with Crippen molar-refractivity contribution in [3.05, 3.63) is 65.5 Å². The molecular weight excluding hydrogens is 357 g/mol. The van der Waals surface area contributed by atoms with Crippen molar-refractivity contribution in [2.24, 2.45) is 0 Å². The van der Waals surface area contributed by atoms with Crippen LogP contribution in [-0.2, 0) is 21.4 Å². The molecule has 6 nitrogen and oxygen atoms in total. The smallest absolute Gasteiger partial charge is 0.232 e. The summed E-state index contributed by atoms with van der Waals surface area (Å²) in [6.07, 6.45) is 0.962. The Hall–Kier alpha value is -2.92. The lowest BCUT2D eigenvalue weighted by atomic mass is 10.2. The summed E-state index contributed by atoms with van der Waals surface area (Å²) in [5.74, 6) is -0.807. The van der Waals surface area contributed by atoms with Gasteiger partial charge in [-0.2, -0.15) is 5.26 Å². The number of nitriles is 1. The Kier molecular flexibility index (Phi) is 6.31. The summed E-state index contributed by atoms with van der Waals surface area (Å²) in [5.41, 5.74) is 1.13. The summed E-state index contributed by atoms with van der Waals surface area (Å²) in [4.78, 5) is 12.0. The van der Waals surface area contributed by atoms with Crippen LogP contribution in [0.4, 0.5) is 10.1 Å². The number of sulfonamides is 1. The van der Waals surface area contributed by atoms with Gasteiger partial charge in [-0.15, -0.1) is 0 Å². The van der Waals surface area contributed by atoms with Crippen LogP contribution in [0, 0.1) is 17.1 Å². The van der Waals surface area contributed by atoms with Gasteiger partial charge in [0, 0.05) is 25.1 Å². The first-order valence-electron chi connectivity index (χ1n) is 7.79. The third-order valence-electron chi connectivity index (χ3n) is 3.66. The Balaban J connectivity index is 1.99. The number of hydrogen-bond donors (Lipinski definition) is 1. The number of carbonyl (C=O) groups is 1. The standard InChI is InChI=1S/C18H18FN3O3S/c1-26(24,25)22(16-8-6-14(12-20)7-9-16)11-10-18(23)21-13-15-4-2-3-5-17(15)19/h2-9H,10-11,13H2,1H3,(H,21,23). The molecule has 1 amide bonds. The first-order valence-corrected chi connectivity index (χ1v) is 9.64. The zero-order chi connectivity index (χ0) is 19.2. The van der Waals surface area contributed by atoms with E-state index in [0.717, 1.165) is 10.6 Å². The molecule has 0 aliphatic heterocycles. The fourth-order valence-electron chi connectivity index (χ4n) is 2.32. The summed E-state index contributed by atoms with van der Waals surface area (Å²) in [7, 11) is -3.60. The van der Waals surface area contributed by atoms with Gasteiger partial charge in [-0.25, -0.2) is 12.8 Å².